The first-order chi connectivity index (χ1) is 12.2. The molecule has 0 aliphatic rings. The van der Waals surface area contributed by atoms with Gasteiger partial charge < -0.3 is 26.5 Å². The van der Waals surface area contributed by atoms with Crippen molar-refractivity contribution in [2.24, 2.45) is 0 Å². The van der Waals surface area contributed by atoms with Crippen molar-refractivity contribution in [3.8, 4) is 22.8 Å². The number of hydrogen-bond acceptors (Lipinski definition) is 4. The number of ether oxygens (including phenoxy) is 2. The summed E-state index contributed by atoms with van der Waals surface area (Å²) in [6.07, 6.45) is 3.51. The minimum atomic E-state index is -0.0567. The van der Waals surface area contributed by atoms with Crippen LogP contribution in [-0.2, 0) is 6.54 Å². The Kier molecular flexibility index (Phi) is 6.86. The Labute approximate surface area is 163 Å². The second kappa shape index (κ2) is 9.10. The van der Waals surface area contributed by atoms with Gasteiger partial charge in [0.05, 0.1) is 26.0 Å². The van der Waals surface area contributed by atoms with Gasteiger partial charge in [0.1, 0.15) is 11.5 Å². The Morgan fingerprint density at radius 2 is 1.81 bits per heavy atom. The summed E-state index contributed by atoms with van der Waals surface area (Å²) in [7, 11) is 3.11. The minimum absolute atomic E-state index is 0. The van der Waals surface area contributed by atoms with E-state index in [-0.39, 0.29) is 29.3 Å². The van der Waals surface area contributed by atoms with E-state index in [4.69, 9.17) is 9.47 Å². The van der Waals surface area contributed by atoms with E-state index in [1.54, 1.807) is 36.2 Å². The summed E-state index contributed by atoms with van der Waals surface area (Å²) in [6, 6.07) is 17.0. The van der Waals surface area contributed by atoms with E-state index in [0.717, 1.165) is 11.3 Å². The van der Waals surface area contributed by atoms with E-state index >= 15 is 0 Å². The van der Waals surface area contributed by atoms with Crippen molar-refractivity contribution in [1.29, 1.82) is 0 Å². The summed E-state index contributed by atoms with van der Waals surface area (Å²) in [5, 5.41) is 0. The van der Waals surface area contributed by atoms with E-state index in [0.29, 0.717) is 17.1 Å². The Morgan fingerprint density at radius 3 is 2.42 bits per heavy atom. The first kappa shape index (κ1) is 19.6. The van der Waals surface area contributed by atoms with Crippen LogP contribution in [0.25, 0.3) is 11.3 Å². The van der Waals surface area contributed by atoms with Crippen LogP contribution in [0.3, 0.4) is 0 Å². The molecule has 0 bridgehead atoms. The highest BCUT2D eigenvalue weighted by atomic mass is 79.9. The number of aromatic nitrogens is 2. The maximum atomic E-state index is 12.6. The molecule has 0 atom stereocenters. The van der Waals surface area contributed by atoms with Crippen molar-refractivity contribution in [3.05, 3.63) is 72.7 Å². The molecule has 2 aromatic carbocycles. The maximum Gasteiger partial charge on any atom is 0.287 e. The van der Waals surface area contributed by atoms with Crippen LogP contribution < -0.4 is 31.0 Å². The zero-order valence-corrected chi connectivity index (χ0v) is 16.1. The molecule has 134 valence electrons. The van der Waals surface area contributed by atoms with Crippen molar-refractivity contribution in [3.63, 3.8) is 0 Å². The average molecular weight is 415 g/mol. The number of carbonyl (C=O) groups is 1. The summed E-state index contributed by atoms with van der Waals surface area (Å²) >= 11 is 0. The minimum Gasteiger partial charge on any atom is -1.00 e. The fourth-order valence-corrected chi connectivity index (χ4v) is 2.54. The Morgan fingerprint density at radius 1 is 1.04 bits per heavy atom. The van der Waals surface area contributed by atoms with E-state index in [9.17, 15) is 4.79 Å². The number of benzene rings is 2. The molecule has 0 saturated carbocycles. The van der Waals surface area contributed by atoms with Gasteiger partial charge in [0.25, 0.3) is 6.33 Å². The molecule has 0 saturated heterocycles. The quantitative estimate of drug-likeness (QED) is 0.418. The number of halogens is 1. The molecule has 0 fully saturated rings. The number of rotatable bonds is 6. The van der Waals surface area contributed by atoms with Gasteiger partial charge in [0, 0.05) is 17.7 Å². The summed E-state index contributed by atoms with van der Waals surface area (Å²) in [5.74, 6) is 1.09. The Hall–Kier alpha value is -2.73. The SMILES string of the molecule is COc1ccc(C(=O)C[n+]2ccc(-c3ccccc3)nc2)c(OC)c1.[Br-]. The molecule has 1 aromatic heterocycles. The van der Waals surface area contributed by atoms with Gasteiger partial charge in [-0.15, -0.1) is 0 Å². The highest BCUT2D eigenvalue weighted by Crippen LogP contribution is 2.25. The third-order valence-corrected chi connectivity index (χ3v) is 3.87. The Balaban J connectivity index is 0.00000243. The molecular formula is C20H19BrN2O3. The normalized spacial score (nSPS) is 9.92. The predicted octanol–water partition coefficient (Wildman–Crippen LogP) is -0.0598. The van der Waals surface area contributed by atoms with Crippen LogP contribution >= 0.6 is 0 Å². The molecule has 0 unspecified atom stereocenters. The number of hydrogen-bond donors (Lipinski definition) is 0. The monoisotopic (exact) mass is 414 g/mol. The third-order valence-electron chi connectivity index (χ3n) is 3.87. The lowest BCUT2D eigenvalue weighted by Gasteiger charge is -2.09. The first-order valence-electron chi connectivity index (χ1n) is 7.87. The van der Waals surface area contributed by atoms with Gasteiger partial charge in [-0.1, -0.05) is 30.3 Å². The predicted molar refractivity (Wildman–Crippen MR) is 93.7 cm³/mol. The third kappa shape index (κ3) is 4.46. The molecule has 6 heteroatoms. The second-order valence-corrected chi connectivity index (χ2v) is 5.47. The lowest BCUT2D eigenvalue weighted by Crippen LogP contribution is -3.00. The molecule has 0 spiro atoms. The lowest BCUT2D eigenvalue weighted by atomic mass is 10.1. The van der Waals surface area contributed by atoms with E-state index in [1.807, 2.05) is 42.6 Å². The fourth-order valence-electron chi connectivity index (χ4n) is 2.54. The molecule has 5 nitrogen and oxygen atoms in total. The molecule has 0 aliphatic heterocycles. The van der Waals surface area contributed by atoms with Crippen LogP contribution in [0.2, 0.25) is 0 Å². The van der Waals surface area contributed by atoms with Gasteiger partial charge in [-0.2, -0.15) is 0 Å². The van der Waals surface area contributed by atoms with Crippen LogP contribution in [0.1, 0.15) is 10.4 Å². The van der Waals surface area contributed by atoms with Crippen molar-refractivity contribution < 1.29 is 35.8 Å². The van der Waals surface area contributed by atoms with Crippen molar-refractivity contribution in [2.45, 2.75) is 6.54 Å². The van der Waals surface area contributed by atoms with E-state index < -0.39 is 0 Å². The number of carbonyl (C=O) groups excluding carboxylic acids is 1. The van der Waals surface area contributed by atoms with E-state index in [1.165, 1.54) is 7.11 Å². The summed E-state index contributed by atoms with van der Waals surface area (Å²) in [5.41, 5.74) is 2.42. The van der Waals surface area contributed by atoms with Gasteiger partial charge in [-0.3, -0.25) is 4.79 Å². The van der Waals surface area contributed by atoms with Crippen LogP contribution in [0, 0.1) is 0 Å². The van der Waals surface area contributed by atoms with Crippen LogP contribution in [0.4, 0.5) is 0 Å². The first-order valence-corrected chi connectivity index (χ1v) is 7.87. The highest BCUT2D eigenvalue weighted by molar-refractivity contribution is 5.97. The standard InChI is InChI=1S/C20H19N2O3.BrH/c1-24-16-8-9-17(20(12-16)25-2)19(23)13-22-11-10-18(21-14-22)15-6-4-3-5-7-15;/h3-12,14H,13H2,1-2H3;1H/q+1;/p-1. The summed E-state index contributed by atoms with van der Waals surface area (Å²) in [4.78, 5) is 17.0. The lowest BCUT2D eigenvalue weighted by molar-refractivity contribution is -0.686. The number of Topliss-reactive ketones (excluding diaryl/α,β-unsaturated/α-hetero) is 1. The molecule has 1 heterocycles. The van der Waals surface area contributed by atoms with Gasteiger partial charge in [0.15, 0.2) is 12.2 Å². The topological polar surface area (TPSA) is 52.3 Å². The van der Waals surface area contributed by atoms with Gasteiger partial charge >= 0.3 is 0 Å². The van der Waals surface area contributed by atoms with Crippen molar-refractivity contribution in [1.82, 2.24) is 4.98 Å². The van der Waals surface area contributed by atoms with Crippen LogP contribution in [0.15, 0.2) is 67.1 Å². The number of nitrogens with zero attached hydrogens (tertiary/aromatic N) is 2. The second-order valence-electron chi connectivity index (χ2n) is 5.47. The van der Waals surface area contributed by atoms with Crippen LogP contribution in [-0.4, -0.2) is 25.0 Å². The van der Waals surface area contributed by atoms with Gasteiger partial charge in [0.2, 0.25) is 5.78 Å². The molecule has 3 aromatic rings. The summed E-state index contributed by atoms with van der Waals surface area (Å²) in [6.45, 7) is 0.185. The van der Waals surface area contributed by atoms with E-state index in [2.05, 4.69) is 4.98 Å². The zero-order chi connectivity index (χ0) is 17.6. The Bertz CT molecular complexity index is 868. The fraction of sp³-hybridized carbons (Fsp3) is 0.150. The zero-order valence-electron chi connectivity index (χ0n) is 14.6. The number of ketones is 1. The highest BCUT2D eigenvalue weighted by Gasteiger charge is 2.16. The molecule has 3 rings (SSSR count). The smallest absolute Gasteiger partial charge is 0.287 e. The molecular weight excluding hydrogens is 396 g/mol. The molecule has 0 N–H and O–H groups in total. The molecule has 0 aliphatic carbocycles. The number of methoxy groups -OCH3 is 2. The maximum absolute atomic E-state index is 12.6. The average Bonchev–Trinajstić information content (AvgIpc) is 2.68. The van der Waals surface area contributed by atoms with Crippen LogP contribution in [0.5, 0.6) is 11.5 Å². The van der Waals surface area contributed by atoms with Gasteiger partial charge in [-0.25, -0.2) is 4.57 Å². The largest absolute Gasteiger partial charge is 1.00 e. The molecule has 26 heavy (non-hydrogen) atoms. The molecule has 0 radical (unpaired) electrons. The van der Waals surface area contributed by atoms with Crippen molar-refractivity contribution in [2.75, 3.05) is 14.2 Å². The molecule has 0 amide bonds. The summed E-state index contributed by atoms with van der Waals surface area (Å²) < 4.78 is 12.2. The van der Waals surface area contributed by atoms with Crippen molar-refractivity contribution >= 4 is 5.78 Å². The van der Waals surface area contributed by atoms with Gasteiger partial charge in [-0.05, 0) is 17.1 Å².